The minimum atomic E-state index is -1.24. The van der Waals surface area contributed by atoms with E-state index in [4.69, 9.17) is 9.47 Å². The summed E-state index contributed by atoms with van der Waals surface area (Å²) in [6.07, 6.45) is 4.62. The number of allylic oxidation sites excluding steroid dienone is 1. The molecule has 0 radical (unpaired) electrons. The molecule has 0 aromatic heterocycles. The Morgan fingerprint density at radius 2 is 1.79 bits per heavy atom. The number of likely N-dealkylation sites (tertiary alicyclic amines) is 1. The Kier molecular flexibility index (Phi) is 11.2. The molecular weight excluding hydrogens is 610 g/mol. The Balaban J connectivity index is 1.48. The van der Waals surface area contributed by atoms with Crippen molar-refractivity contribution in [2.75, 3.05) is 19.8 Å². The molecule has 3 fully saturated rings. The molecule has 2 aromatic rings. The predicted octanol–water partition coefficient (Wildman–Crippen LogP) is 3.75. The fourth-order valence-corrected chi connectivity index (χ4v) is 7.70. The van der Waals surface area contributed by atoms with Crippen LogP contribution in [0.1, 0.15) is 56.7 Å². The molecule has 5 rings (SSSR count). The first-order valence-electron chi connectivity index (χ1n) is 16.8. The maximum atomic E-state index is 14.7. The van der Waals surface area contributed by atoms with Crippen molar-refractivity contribution in [1.82, 2.24) is 15.1 Å². The maximum Gasteiger partial charge on any atom is 0.306 e. The van der Waals surface area contributed by atoms with Crippen molar-refractivity contribution in [1.29, 1.82) is 0 Å². The Morgan fingerprint density at radius 1 is 1.10 bits per heavy atom. The highest BCUT2D eigenvalue weighted by molar-refractivity contribution is 5.99. The van der Waals surface area contributed by atoms with Crippen LogP contribution in [0.5, 0.6) is 0 Å². The van der Waals surface area contributed by atoms with E-state index in [1.807, 2.05) is 74.5 Å². The second-order valence-corrected chi connectivity index (χ2v) is 13.2. The van der Waals surface area contributed by atoms with Gasteiger partial charge in [0.1, 0.15) is 18.2 Å². The number of rotatable bonds is 16. The monoisotopic (exact) mass is 657 g/mol. The largest absolute Gasteiger partial charge is 0.463 e. The van der Waals surface area contributed by atoms with Gasteiger partial charge in [0.25, 0.3) is 0 Å². The molecule has 10 heteroatoms. The maximum absolute atomic E-state index is 14.7. The van der Waals surface area contributed by atoms with Crippen molar-refractivity contribution in [3.8, 4) is 0 Å². The van der Waals surface area contributed by atoms with Gasteiger partial charge in [-0.1, -0.05) is 72.8 Å². The first kappa shape index (κ1) is 35.0. The molecule has 3 heterocycles. The van der Waals surface area contributed by atoms with Gasteiger partial charge in [-0.05, 0) is 50.7 Å². The van der Waals surface area contributed by atoms with Crippen molar-refractivity contribution in [3.05, 3.63) is 97.1 Å². The summed E-state index contributed by atoms with van der Waals surface area (Å²) in [4.78, 5) is 59.1. The number of benzene rings is 2. The third-order valence-corrected chi connectivity index (χ3v) is 9.91. The highest BCUT2D eigenvalue weighted by atomic mass is 16.5. The number of aliphatic hydroxyl groups is 1. The molecule has 2 N–H and O–H groups in total. The van der Waals surface area contributed by atoms with Crippen LogP contribution < -0.4 is 5.32 Å². The lowest BCUT2D eigenvalue weighted by Crippen LogP contribution is -2.60. The highest BCUT2D eigenvalue weighted by Crippen LogP contribution is 2.59. The molecule has 7 atom stereocenters. The second kappa shape index (κ2) is 15.3. The molecule has 0 unspecified atom stereocenters. The molecule has 0 aliphatic carbocycles. The fourth-order valence-electron chi connectivity index (χ4n) is 7.70. The SMILES string of the molecule is C=CCCC(=O)OC[C@H](NC(=O)[C@@H]1[C@H]2C(=O)N([C@@H](CO)Cc3ccccc3)[C@H](C(=O)N(CC=C)C(C)C)[C@]23CC[C@H]1O3)c1ccccc1. The minimum Gasteiger partial charge on any atom is -0.463 e. The van der Waals surface area contributed by atoms with E-state index in [0.717, 1.165) is 11.1 Å². The Morgan fingerprint density at radius 3 is 2.42 bits per heavy atom. The smallest absolute Gasteiger partial charge is 0.306 e. The van der Waals surface area contributed by atoms with E-state index in [9.17, 15) is 24.3 Å². The Bertz CT molecular complexity index is 1480. The van der Waals surface area contributed by atoms with Gasteiger partial charge in [-0.15, -0.1) is 13.2 Å². The lowest BCUT2D eigenvalue weighted by Gasteiger charge is -2.40. The van der Waals surface area contributed by atoms with Crippen molar-refractivity contribution in [3.63, 3.8) is 0 Å². The van der Waals surface area contributed by atoms with Crippen LogP contribution in [0, 0.1) is 11.8 Å². The molecule has 1 spiro atoms. The highest BCUT2D eigenvalue weighted by Gasteiger charge is 2.75. The number of carbonyl (C=O) groups is 4. The zero-order chi connectivity index (χ0) is 34.4. The molecule has 3 aliphatic heterocycles. The summed E-state index contributed by atoms with van der Waals surface area (Å²) in [5, 5.41) is 13.8. The van der Waals surface area contributed by atoms with Crippen LogP contribution in [-0.2, 0) is 35.1 Å². The number of esters is 1. The van der Waals surface area contributed by atoms with E-state index in [2.05, 4.69) is 18.5 Å². The van der Waals surface area contributed by atoms with Gasteiger partial charge < -0.3 is 29.7 Å². The third kappa shape index (κ3) is 6.82. The second-order valence-electron chi connectivity index (χ2n) is 13.2. The minimum absolute atomic E-state index is 0.0878. The van der Waals surface area contributed by atoms with Gasteiger partial charge >= 0.3 is 5.97 Å². The quantitative estimate of drug-likeness (QED) is 0.208. The number of carbonyl (C=O) groups excluding carboxylic acids is 4. The molecule has 3 saturated heterocycles. The van der Waals surface area contributed by atoms with Gasteiger partial charge in [0.15, 0.2) is 0 Å². The average molecular weight is 658 g/mol. The van der Waals surface area contributed by atoms with Crippen LogP contribution >= 0.6 is 0 Å². The molecule has 10 nitrogen and oxygen atoms in total. The van der Waals surface area contributed by atoms with Gasteiger partial charge in [0.2, 0.25) is 17.7 Å². The standard InChI is InChI=1S/C38H47N3O7/c1-5-7-18-31(43)47-24-29(27-16-12-9-13-17-27)39-35(44)32-30-19-20-38(48-30)33(32)36(45)41(28(23-42)22-26-14-10-8-11-15-26)34(38)37(46)40(21-6-2)25(3)4/h5-6,8-17,25,28-30,32-34,42H,1-2,7,18-24H2,3-4H3,(H,39,44)/t28-,29+,30-,32+,33+,34-,38+/m1/s1. The third-order valence-electron chi connectivity index (χ3n) is 9.91. The number of nitrogens with one attached hydrogen (secondary N) is 1. The number of ether oxygens (including phenoxy) is 2. The summed E-state index contributed by atoms with van der Waals surface area (Å²) in [5.74, 6) is -3.28. The van der Waals surface area contributed by atoms with E-state index in [1.165, 1.54) is 4.90 Å². The number of nitrogens with zero attached hydrogens (tertiary/aromatic N) is 2. The molecule has 3 amide bonds. The summed E-state index contributed by atoms with van der Waals surface area (Å²) in [6.45, 7) is 11.1. The zero-order valence-electron chi connectivity index (χ0n) is 27.8. The molecule has 2 aromatic carbocycles. The summed E-state index contributed by atoms with van der Waals surface area (Å²) >= 11 is 0. The molecular formula is C38H47N3O7. The Labute approximate surface area is 282 Å². The van der Waals surface area contributed by atoms with Crippen LogP contribution in [-0.4, -0.2) is 88.2 Å². The summed E-state index contributed by atoms with van der Waals surface area (Å²) in [6, 6.07) is 16.1. The normalized spacial score (nSPS) is 25.3. The molecule has 3 aliphatic rings. The van der Waals surface area contributed by atoms with E-state index >= 15 is 0 Å². The molecule has 48 heavy (non-hydrogen) atoms. The molecule has 0 saturated carbocycles. The number of aliphatic hydroxyl groups excluding tert-OH is 1. The van der Waals surface area contributed by atoms with E-state index < -0.39 is 53.5 Å². The summed E-state index contributed by atoms with van der Waals surface area (Å²) in [5.41, 5.74) is 0.414. The van der Waals surface area contributed by atoms with Crippen LogP contribution in [0.15, 0.2) is 86.0 Å². The van der Waals surface area contributed by atoms with Gasteiger partial charge in [-0.3, -0.25) is 19.2 Å². The zero-order valence-corrected chi connectivity index (χ0v) is 27.8. The first-order valence-corrected chi connectivity index (χ1v) is 16.8. The topological polar surface area (TPSA) is 125 Å². The van der Waals surface area contributed by atoms with Crippen LogP contribution in [0.2, 0.25) is 0 Å². The van der Waals surface area contributed by atoms with Crippen LogP contribution in [0.3, 0.4) is 0 Å². The van der Waals surface area contributed by atoms with Crippen molar-refractivity contribution >= 4 is 23.7 Å². The van der Waals surface area contributed by atoms with Crippen molar-refractivity contribution < 1.29 is 33.8 Å². The van der Waals surface area contributed by atoms with Crippen LogP contribution in [0.4, 0.5) is 0 Å². The number of amides is 3. The van der Waals surface area contributed by atoms with Crippen molar-refractivity contribution in [2.24, 2.45) is 11.8 Å². The first-order chi connectivity index (χ1) is 23.2. The number of hydrogen-bond acceptors (Lipinski definition) is 7. The summed E-state index contributed by atoms with van der Waals surface area (Å²) in [7, 11) is 0. The number of hydrogen-bond donors (Lipinski definition) is 2. The average Bonchev–Trinajstić information content (AvgIpc) is 3.74. The number of fused-ring (bicyclic) bond motifs is 1. The Hall–Kier alpha value is -4.28. The summed E-state index contributed by atoms with van der Waals surface area (Å²) < 4.78 is 12.2. The van der Waals surface area contributed by atoms with Gasteiger partial charge in [0, 0.05) is 19.0 Å². The lowest BCUT2D eigenvalue weighted by molar-refractivity contribution is -0.152. The van der Waals surface area contributed by atoms with E-state index in [-0.39, 0.29) is 44.0 Å². The molecule has 2 bridgehead atoms. The lowest BCUT2D eigenvalue weighted by atomic mass is 9.70. The fraction of sp³-hybridized carbons (Fsp3) is 0.474. The van der Waals surface area contributed by atoms with E-state index in [1.54, 1.807) is 17.1 Å². The van der Waals surface area contributed by atoms with Crippen molar-refractivity contribution in [2.45, 2.75) is 81.8 Å². The molecule has 256 valence electrons. The van der Waals surface area contributed by atoms with Crippen LogP contribution in [0.25, 0.3) is 0 Å². The van der Waals surface area contributed by atoms with Gasteiger partial charge in [-0.25, -0.2) is 0 Å². The van der Waals surface area contributed by atoms with Gasteiger partial charge in [-0.2, -0.15) is 0 Å². The van der Waals surface area contributed by atoms with Gasteiger partial charge in [0.05, 0.1) is 36.6 Å². The van der Waals surface area contributed by atoms with E-state index in [0.29, 0.717) is 25.7 Å². The predicted molar refractivity (Wildman–Crippen MR) is 180 cm³/mol.